The molecule has 152 valence electrons. The number of carbonyl (C=O) groups excluding carboxylic acids is 2. The Morgan fingerprint density at radius 3 is 2.31 bits per heavy atom. The van der Waals surface area contributed by atoms with Crippen LogP contribution in [-0.2, 0) is 9.59 Å². The van der Waals surface area contributed by atoms with E-state index in [1.165, 1.54) is 16.7 Å². The van der Waals surface area contributed by atoms with Crippen LogP contribution in [0.15, 0.2) is 53.4 Å². The second-order valence-electron chi connectivity index (χ2n) is 7.19. The van der Waals surface area contributed by atoms with Gasteiger partial charge in [-0.15, -0.1) is 11.8 Å². The summed E-state index contributed by atoms with van der Waals surface area (Å²) in [6.07, 6.45) is 0.0698. The van der Waals surface area contributed by atoms with Crippen molar-refractivity contribution in [2.45, 2.75) is 26.9 Å². The highest BCUT2D eigenvalue weighted by Crippen LogP contribution is 2.39. The van der Waals surface area contributed by atoms with E-state index in [9.17, 15) is 9.59 Å². The lowest BCUT2D eigenvalue weighted by Gasteiger charge is -2.19. The molecule has 0 aromatic heterocycles. The van der Waals surface area contributed by atoms with E-state index in [1.807, 2.05) is 82.2 Å². The Labute approximate surface area is 176 Å². The minimum absolute atomic E-state index is 0.0698. The standard InChI is InChI=1S/C23H26N2O3S/c1-6-29-21-20(16-10-12-19(13-11-16)28-15(2)3)22(26)25(23(21)27)18-9-7-8-17(14-18)24(4)5/h7-15H,6H2,1-5H3. The van der Waals surface area contributed by atoms with Crippen molar-refractivity contribution < 1.29 is 14.3 Å². The zero-order valence-electron chi connectivity index (χ0n) is 17.4. The van der Waals surface area contributed by atoms with Gasteiger partial charge in [-0.05, 0) is 55.5 Å². The second kappa shape index (κ2) is 8.74. The third-order valence-electron chi connectivity index (χ3n) is 4.45. The number of anilines is 2. The summed E-state index contributed by atoms with van der Waals surface area (Å²) in [6.45, 7) is 5.90. The summed E-state index contributed by atoms with van der Waals surface area (Å²) in [5, 5.41) is 0. The highest BCUT2D eigenvalue weighted by Gasteiger charge is 2.40. The van der Waals surface area contributed by atoms with Crippen molar-refractivity contribution in [1.82, 2.24) is 0 Å². The predicted octanol–water partition coefficient (Wildman–Crippen LogP) is 4.58. The zero-order valence-corrected chi connectivity index (χ0v) is 18.2. The summed E-state index contributed by atoms with van der Waals surface area (Å²) in [6, 6.07) is 14.8. The molecule has 1 aliphatic rings. The molecule has 0 saturated carbocycles. The van der Waals surface area contributed by atoms with E-state index in [2.05, 4.69) is 0 Å². The topological polar surface area (TPSA) is 49.9 Å². The average Bonchev–Trinajstić information content (AvgIpc) is 2.92. The Hall–Kier alpha value is -2.73. The van der Waals surface area contributed by atoms with Crippen molar-refractivity contribution in [2.24, 2.45) is 0 Å². The van der Waals surface area contributed by atoms with E-state index in [1.54, 1.807) is 6.07 Å². The van der Waals surface area contributed by atoms with Gasteiger partial charge in [-0.1, -0.05) is 25.1 Å². The molecular weight excluding hydrogens is 384 g/mol. The number of carbonyl (C=O) groups is 2. The van der Waals surface area contributed by atoms with Gasteiger partial charge >= 0.3 is 0 Å². The molecule has 1 heterocycles. The Kier molecular flexibility index (Phi) is 6.33. The van der Waals surface area contributed by atoms with Crippen LogP contribution in [0.3, 0.4) is 0 Å². The lowest BCUT2D eigenvalue weighted by molar-refractivity contribution is -0.119. The molecule has 6 heteroatoms. The van der Waals surface area contributed by atoms with Crippen molar-refractivity contribution in [3.63, 3.8) is 0 Å². The van der Waals surface area contributed by atoms with Gasteiger partial charge in [-0.25, -0.2) is 4.90 Å². The van der Waals surface area contributed by atoms with E-state index in [0.29, 0.717) is 21.9 Å². The molecule has 0 bridgehead atoms. The largest absolute Gasteiger partial charge is 0.491 e. The van der Waals surface area contributed by atoms with Crippen LogP contribution in [0.1, 0.15) is 26.3 Å². The Bertz CT molecular complexity index is 949. The van der Waals surface area contributed by atoms with Gasteiger partial charge in [0.2, 0.25) is 0 Å². The third-order valence-corrected chi connectivity index (χ3v) is 5.41. The predicted molar refractivity (Wildman–Crippen MR) is 121 cm³/mol. The van der Waals surface area contributed by atoms with E-state index in [4.69, 9.17) is 4.74 Å². The number of imide groups is 1. The van der Waals surface area contributed by atoms with E-state index in [-0.39, 0.29) is 17.9 Å². The Morgan fingerprint density at radius 2 is 1.72 bits per heavy atom. The molecule has 2 aromatic rings. The molecule has 0 spiro atoms. The van der Waals surface area contributed by atoms with Gasteiger partial charge in [-0.2, -0.15) is 0 Å². The van der Waals surface area contributed by atoms with Gasteiger partial charge in [0.25, 0.3) is 11.8 Å². The van der Waals surface area contributed by atoms with Crippen molar-refractivity contribution >= 4 is 40.5 Å². The molecule has 2 aromatic carbocycles. The molecule has 5 nitrogen and oxygen atoms in total. The van der Waals surface area contributed by atoms with Crippen LogP contribution in [-0.4, -0.2) is 37.8 Å². The number of nitrogens with zero attached hydrogens (tertiary/aromatic N) is 2. The van der Waals surface area contributed by atoms with Crippen LogP contribution in [0.2, 0.25) is 0 Å². The normalized spacial score (nSPS) is 14.2. The van der Waals surface area contributed by atoms with Gasteiger partial charge < -0.3 is 9.64 Å². The molecule has 0 fully saturated rings. The number of hydrogen-bond donors (Lipinski definition) is 0. The van der Waals surface area contributed by atoms with Crippen molar-refractivity contribution in [1.29, 1.82) is 0 Å². The smallest absolute Gasteiger partial charge is 0.272 e. The maximum atomic E-state index is 13.3. The number of benzene rings is 2. The quantitative estimate of drug-likeness (QED) is 0.626. The monoisotopic (exact) mass is 410 g/mol. The van der Waals surface area contributed by atoms with Gasteiger partial charge in [0.05, 0.1) is 22.3 Å². The summed E-state index contributed by atoms with van der Waals surface area (Å²) in [5.41, 5.74) is 2.68. The van der Waals surface area contributed by atoms with Gasteiger partial charge in [0.15, 0.2) is 0 Å². The molecular formula is C23H26N2O3S. The SMILES string of the molecule is CCSC1=C(c2ccc(OC(C)C)cc2)C(=O)N(c2cccc(N(C)C)c2)C1=O. The minimum Gasteiger partial charge on any atom is -0.491 e. The molecule has 3 rings (SSSR count). The lowest BCUT2D eigenvalue weighted by atomic mass is 10.1. The molecule has 2 amide bonds. The highest BCUT2D eigenvalue weighted by molar-refractivity contribution is 8.04. The van der Waals surface area contributed by atoms with E-state index in [0.717, 1.165) is 17.0 Å². The van der Waals surface area contributed by atoms with Gasteiger partial charge in [0, 0.05) is 19.8 Å². The summed E-state index contributed by atoms with van der Waals surface area (Å²) in [7, 11) is 3.85. The number of hydrogen-bond acceptors (Lipinski definition) is 5. The first-order valence-corrected chi connectivity index (χ1v) is 10.6. The first kappa shape index (κ1) is 21.0. The first-order valence-electron chi connectivity index (χ1n) is 9.63. The van der Waals surface area contributed by atoms with E-state index >= 15 is 0 Å². The van der Waals surface area contributed by atoms with Crippen LogP contribution in [0, 0.1) is 0 Å². The molecule has 0 radical (unpaired) electrons. The lowest BCUT2D eigenvalue weighted by Crippen LogP contribution is -2.31. The van der Waals surface area contributed by atoms with Crippen molar-refractivity contribution in [3.05, 3.63) is 59.0 Å². The summed E-state index contributed by atoms with van der Waals surface area (Å²) in [4.78, 5) is 30.2. The zero-order chi connectivity index (χ0) is 21.1. The molecule has 0 aliphatic carbocycles. The van der Waals surface area contributed by atoms with E-state index < -0.39 is 0 Å². The summed E-state index contributed by atoms with van der Waals surface area (Å²) >= 11 is 1.40. The highest BCUT2D eigenvalue weighted by atomic mass is 32.2. The van der Waals surface area contributed by atoms with Crippen LogP contribution >= 0.6 is 11.8 Å². The fraction of sp³-hybridized carbons (Fsp3) is 0.304. The van der Waals surface area contributed by atoms with Gasteiger partial charge in [0.1, 0.15) is 5.75 Å². The molecule has 29 heavy (non-hydrogen) atoms. The fourth-order valence-electron chi connectivity index (χ4n) is 3.16. The molecule has 0 N–H and O–H groups in total. The number of ether oxygens (including phenoxy) is 1. The Morgan fingerprint density at radius 1 is 1.03 bits per heavy atom. The third kappa shape index (κ3) is 4.32. The molecule has 0 atom stereocenters. The maximum absolute atomic E-state index is 13.3. The van der Waals surface area contributed by atoms with Gasteiger partial charge in [-0.3, -0.25) is 9.59 Å². The van der Waals surface area contributed by atoms with Crippen molar-refractivity contribution in [2.75, 3.05) is 29.6 Å². The van der Waals surface area contributed by atoms with Crippen LogP contribution in [0.5, 0.6) is 5.75 Å². The summed E-state index contributed by atoms with van der Waals surface area (Å²) in [5.74, 6) is 0.883. The molecule has 0 unspecified atom stereocenters. The van der Waals surface area contributed by atoms with Crippen LogP contribution < -0.4 is 14.5 Å². The first-order chi connectivity index (χ1) is 13.8. The molecule has 1 aliphatic heterocycles. The summed E-state index contributed by atoms with van der Waals surface area (Å²) < 4.78 is 5.69. The molecule has 0 saturated heterocycles. The Balaban J connectivity index is 2.00. The average molecular weight is 411 g/mol. The number of thioether (sulfide) groups is 1. The fourth-order valence-corrected chi connectivity index (χ4v) is 4.01. The number of rotatable bonds is 7. The van der Waals surface area contributed by atoms with Crippen LogP contribution in [0.25, 0.3) is 5.57 Å². The van der Waals surface area contributed by atoms with Crippen LogP contribution in [0.4, 0.5) is 11.4 Å². The number of amides is 2. The second-order valence-corrected chi connectivity index (χ2v) is 8.46. The van der Waals surface area contributed by atoms with Crippen molar-refractivity contribution in [3.8, 4) is 5.75 Å². The minimum atomic E-state index is -0.292. The maximum Gasteiger partial charge on any atom is 0.272 e.